The van der Waals surface area contributed by atoms with Gasteiger partial charge in [0.25, 0.3) is 0 Å². The van der Waals surface area contributed by atoms with Gasteiger partial charge >= 0.3 is 6.18 Å². The number of alkyl halides is 3. The minimum Gasteiger partial charge on any atom is -0.381 e. The molecule has 0 aromatic carbocycles. The van der Waals surface area contributed by atoms with Crippen LogP contribution in [0.4, 0.5) is 13.2 Å². The first-order valence-electron chi connectivity index (χ1n) is 9.85. The van der Waals surface area contributed by atoms with E-state index in [1.165, 1.54) is 11.2 Å². The average Bonchev–Trinajstić information content (AvgIpc) is 3.20. The molecule has 0 amide bonds. The summed E-state index contributed by atoms with van der Waals surface area (Å²) >= 11 is 0. The normalized spacial score (nSPS) is 27.4. The zero-order valence-electron chi connectivity index (χ0n) is 16.2. The molecule has 0 spiro atoms. The van der Waals surface area contributed by atoms with Gasteiger partial charge < -0.3 is 9.64 Å². The molecule has 0 N–H and O–H groups in total. The van der Waals surface area contributed by atoms with Gasteiger partial charge in [0.15, 0.2) is 0 Å². The van der Waals surface area contributed by atoms with Gasteiger partial charge in [-0.25, -0.2) is 18.4 Å². The fourth-order valence-corrected chi connectivity index (χ4v) is 6.33. The summed E-state index contributed by atoms with van der Waals surface area (Å²) in [5, 5.41) is 0. The number of rotatable bonds is 4. The second-order valence-electron chi connectivity index (χ2n) is 8.26. The summed E-state index contributed by atoms with van der Waals surface area (Å²) in [7, 11) is -3.91. The minimum absolute atomic E-state index is 0.175. The number of likely N-dealkylation sites (tertiary alicyclic amines) is 1. The Morgan fingerprint density at radius 1 is 1.14 bits per heavy atom. The first-order valence-corrected chi connectivity index (χ1v) is 11.3. The molecule has 0 unspecified atom stereocenters. The van der Waals surface area contributed by atoms with Crippen LogP contribution in [0, 0.1) is 24.7 Å². The van der Waals surface area contributed by atoms with E-state index in [9.17, 15) is 21.6 Å². The van der Waals surface area contributed by atoms with E-state index >= 15 is 0 Å². The molecule has 2 atom stereocenters. The highest BCUT2D eigenvalue weighted by molar-refractivity contribution is 7.89. The summed E-state index contributed by atoms with van der Waals surface area (Å²) in [6.45, 7) is 6.41. The van der Waals surface area contributed by atoms with E-state index in [1.54, 1.807) is 0 Å². The molecule has 29 heavy (non-hydrogen) atoms. The Balaban J connectivity index is 1.41. The molecule has 0 bridgehead atoms. The summed E-state index contributed by atoms with van der Waals surface area (Å²) in [6.07, 6.45) is -1.78. The molecule has 1 aromatic rings. The first-order chi connectivity index (χ1) is 13.6. The van der Waals surface area contributed by atoms with Gasteiger partial charge in [-0.15, -0.1) is 0 Å². The lowest BCUT2D eigenvalue weighted by molar-refractivity contribution is -0.145. The molecule has 3 fully saturated rings. The van der Waals surface area contributed by atoms with Crippen LogP contribution >= 0.6 is 0 Å². The number of halogens is 3. The second kappa shape index (κ2) is 7.75. The van der Waals surface area contributed by atoms with Crippen LogP contribution in [0.3, 0.4) is 0 Å². The third-order valence-electron chi connectivity index (χ3n) is 6.19. The van der Waals surface area contributed by atoms with Crippen LogP contribution in [0.2, 0.25) is 0 Å². The van der Waals surface area contributed by atoms with E-state index in [0.29, 0.717) is 19.0 Å². The quantitative estimate of drug-likeness (QED) is 0.719. The maximum atomic E-state index is 13.0. The van der Waals surface area contributed by atoms with Crippen LogP contribution in [0.25, 0.3) is 0 Å². The van der Waals surface area contributed by atoms with Crippen LogP contribution in [0.1, 0.15) is 24.4 Å². The van der Waals surface area contributed by atoms with Crippen molar-refractivity contribution in [1.29, 1.82) is 0 Å². The molecule has 1 aromatic heterocycles. The van der Waals surface area contributed by atoms with Crippen molar-refractivity contribution in [2.45, 2.75) is 30.8 Å². The van der Waals surface area contributed by atoms with Gasteiger partial charge in [0.1, 0.15) is 4.90 Å². The SMILES string of the molecule is Cc1nc(C(F)(F)F)ncc1S(=O)(=O)N1C[C@H]2CN(CC3CCOCC3)C[C@@H]2C1. The van der Waals surface area contributed by atoms with Crippen molar-refractivity contribution in [2.75, 3.05) is 45.9 Å². The molecule has 3 aliphatic rings. The standard InChI is InChI=1S/C18H25F3N4O3S/c1-12-16(6-22-17(23-12)18(19,20)21)29(26,27)25-10-14-8-24(9-15(14)11-25)7-13-2-4-28-5-3-13/h6,13-15H,2-5,7-11H2,1H3/t14-,15-/m1/s1. The maximum Gasteiger partial charge on any atom is 0.451 e. The van der Waals surface area contributed by atoms with Crippen LogP contribution in [0.5, 0.6) is 0 Å². The van der Waals surface area contributed by atoms with Gasteiger partial charge in [-0.1, -0.05) is 0 Å². The Morgan fingerprint density at radius 2 is 1.76 bits per heavy atom. The highest BCUT2D eigenvalue weighted by Gasteiger charge is 2.45. The fourth-order valence-electron chi connectivity index (χ4n) is 4.67. The van der Waals surface area contributed by atoms with Gasteiger partial charge in [0.05, 0.1) is 11.9 Å². The predicted octanol–water partition coefficient (Wildman–Crippen LogP) is 1.78. The highest BCUT2D eigenvalue weighted by atomic mass is 32.2. The van der Waals surface area contributed by atoms with Gasteiger partial charge in [-0.05, 0) is 37.5 Å². The fraction of sp³-hybridized carbons (Fsp3) is 0.778. The molecule has 3 saturated heterocycles. The second-order valence-corrected chi connectivity index (χ2v) is 10.2. The molecule has 7 nitrogen and oxygen atoms in total. The minimum atomic E-state index is -4.70. The number of hydrogen-bond acceptors (Lipinski definition) is 6. The number of aryl methyl sites for hydroxylation is 1. The zero-order chi connectivity index (χ0) is 20.8. The third-order valence-corrected chi connectivity index (χ3v) is 8.13. The number of fused-ring (bicyclic) bond motifs is 1. The number of hydrogen-bond donors (Lipinski definition) is 0. The van der Waals surface area contributed by atoms with Gasteiger partial charge in [-0.2, -0.15) is 17.5 Å². The van der Waals surface area contributed by atoms with Crippen LogP contribution in [-0.2, 0) is 20.9 Å². The maximum absolute atomic E-state index is 13.0. The lowest BCUT2D eigenvalue weighted by atomic mass is 10.00. The highest BCUT2D eigenvalue weighted by Crippen LogP contribution is 2.36. The van der Waals surface area contributed by atoms with Crippen molar-refractivity contribution in [3.63, 3.8) is 0 Å². The first kappa shape index (κ1) is 21.0. The molecule has 11 heteroatoms. The van der Waals surface area contributed by atoms with Gasteiger partial charge in [0, 0.05) is 45.9 Å². The topological polar surface area (TPSA) is 75.6 Å². The monoisotopic (exact) mass is 434 g/mol. The molecule has 3 aliphatic heterocycles. The van der Waals surface area contributed by atoms with E-state index in [-0.39, 0.29) is 22.4 Å². The predicted molar refractivity (Wildman–Crippen MR) is 97.5 cm³/mol. The van der Waals surface area contributed by atoms with E-state index in [1.807, 2.05) is 0 Å². The number of sulfonamides is 1. The van der Waals surface area contributed by atoms with E-state index in [2.05, 4.69) is 14.9 Å². The average molecular weight is 434 g/mol. The van der Waals surface area contributed by atoms with Crippen LogP contribution < -0.4 is 0 Å². The summed E-state index contributed by atoms with van der Waals surface area (Å²) in [5.41, 5.74) is -0.175. The number of aromatic nitrogens is 2. The van der Waals surface area contributed by atoms with Crippen LogP contribution in [0.15, 0.2) is 11.1 Å². The van der Waals surface area contributed by atoms with E-state index in [4.69, 9.17) is 4.74 Å². The van der Waals surface area contributed by atoms with Crippen molar-refractivity contribution < 1.29 is 26.3 Å². The smallest absolute Gasteiger partial charge is 0.381 e. The molecule has 0 saturated carbocycles. The Bertz CT molecular complexity index is 844. The summed E-state index contributed by atoms with van der Waals surface area (Å²) < 4.78 is 71.0. The van der Waals surface area contributed by atoms with Crippen LogP contribution in [-0.4, -0.2) is 73.5 Å². The lowest BCUT2D eigenvalue weighted by Gasteiger charge is -2.28. The third kappa shape index (κ3) is 4.28. The van der Waals surface area contributed by atoms with Crippen molar-refractivity contribution in [2.24, 2.45) is 17.8 Å². The molecular formula is C18H25F3N4O3S. The summed E-state index contributed by atoms with van der Waals surface area (Å²) in [5.74, 6) is -0.189. The van der Waals surface area contributed by atoms with Crippen molar-refractivity contribution in [3.8, 4) is 0 Å². The summed E-state index contributed by atoms with van der Waals surface area (Å²) in [6, 6.07) is 0. The molecule has 4 rings (SSSR count). The zero-order valence-corrected chi connectivity index (χ0v) is 17.0. The molecule has 0 aliphatic carbocycles. The Morgan fingerprint density at radius 3 is 2.31 bits per heavy atom. The Hall–Kier alpha value is -1.30. The molecule has 162 valence electrons. The van der Waals surface area contributed by atoms with Crippen molar-refractivity contribution in [1.82, 2.24) is 19.2 Å². The number of nitrogens with zero attached hydrogens (tertiary/aromatic N) is 4. The number of ether oxygens (including phenoxy) is 1. The van der Waals surface area contributed by atoms with Crippen molar-refractivity contribution >= 4 is 10.0 Å². The Kier molecular flexibility index (Phi) is 5.60. The Labute approximate surface area is 168 Å². The largest absolute Gasteiger partial charge is 0.451 e. The van der Waals surface area contributed by atoms with E-state index < -0.39 is 22.0 Å². The molecular weight excluding hydrogens is 409 g/mol. The van der Waals surface area contributed by atoms with Crippen molar-refractivity contribution in [3.05, 3.63) is 17.7 Å². The van der Waals surface area contributed by atoms with Gasteiger partial charge in [-0.3, -0.25) is 0 Å². The molecule has 4 heterocycles. The van der Waals surface area contributed by atoms with E-state index in [0.717, 1.165) is 51.9 Å². The van der Waals surface area contributed by atoms with Gasteiger partial charge in [0.2, 0.25) is 15.8 Å². The summed E-state index contributed by atoms with van der Waals surface area (Å²) in [4.78, 5) is 8.78. The lowest BCUT2D eigenvalue weighted by Crippen LogP contribution is -2.36. The molecule has 0 radical (unpaired) electrons.